The summed E-state index contributed by atoms with van der Waals surface area (Å²) in [5, 5.41) is 0. The number of carbonyl (C=O) groups excluding carboxylic acids is 2. The van der Waals surface area contributed by atoms with Crippen LogP contribution in [-0.2, 0) is 16.1 Å². The van der Waals surface area contributed by atoms with E-state index in [-0.39, 0.29) is 17.6 Å². The standard InChI is InChI=1S/C20H27N3O2S2/c1-3-15-9-7-8-12-23(15)19(25)14-26-13-18(24)21-20-22(4-2)16-10-5-6-11-17(16)27-20/h5-6,10-11,15H,3-4,7-9,12-14H2,1-2H3/t15-/m0/s1. The molecule has 0 saturated carbocycles. The summed E-state index contributed by atoms with van der Waals surface area (Å²) in [6.07, 6.45) is 4.40. The average Bonchev–Trinajstić information content (AvgIpc) is 3.04. The maximum atomic E-state index is 12.5. The van der Waals surface area contributed by atoms with E-state index in [0.29, 0.717) is 11.8 Å². The summed E-state index contributed by atoms with van der Waals surface area (Å²) in [4.78, 5) is 31.9. The highest BCUT2D eigenvalue weighted by Gasteiger charge is 2.25. The maximum Gasteiger partial charge on any atom is 0.258 e. The third kappa shape index (κ3) is 4.82. The summed E-state index contributed by atoms with van der Waals surface area (Å²) in [6.45, 7) is 5.82. The van der Waals surface area contributed by atoms with Gasteiger partial charge in [0, 0.05) is 19.1 Å². The molecular weight excluding hydrogens is 378 g/mol. The number of likely N-dealkylation sites (tertiary alicyclic amines) is 1. The van der Waals surface area contributed by atoms with E-state index in [0.717, 1.165) is 47.4 Å². The summed E-state index contributed by atoms with van der Waals surface area (Å²) in [5.41, 5.74) is 1.11. The SMILES string of the molecule is CC[C@H]1CCCCN1C(=O)CSCC(=O)N=c1sc2ccccc2n1CC. The second-order valence-electron chi connectivity index (χ2n) is 6.74. The van der Waals surface area contributed by atoms with E-state index >= 15 is 0 Å². The minimum atomic E-state index is -0.174. The van der Waals surface area contributed by atoms with E-state index in [1.807, 2.05) is 23.1 Å². The molecule has 1 atom stereocenters. The third-order valence-corrected chi connectivity index (χ3v) is 6.96. The van der Waals surface area contributed by atoms with Gasteiger partial charge in [-0.25, -0.2) is 0 Å². The first-order chi connectivity index (χ1) is 13.1. The summed E-state index contributed by atoms with van der Waals surface area (Å²) < 4.78 is 3.19. The Morgan fingerprint density at radius 2 is 2.04 bits per heavy atom. The zero-order valence-electron chi connectivity index (χ0n) is 16.0. The molecule has 27 heavy (non-hydrogen) atoms. The van der Waals surface area contributed by atoms with Crippen molar-refractivity contribution in [3.05, 3.63) is 29.1 Å². The molecule has 3 rings (SSSR count). The number of nitrogens with zero attached hydrogens (tertiary/aromatic N) is 3. The number of rotatable bonds is 6. The van der Waals surface area contributed by atoms with Crippen LogP contribution in [0.3, 0.4) is 0 Å². The van der Waals surface area contributed by atoms with Crippen LogP contribution in [0.4, 0.5) is 0 Å². The summed E-state index contributed by atoms with van der Waals surface area (Å²) in [6, 6.07) is 8.46. The number of thiazole rings is 1. The molecule has 0 radical (unpaired) electrons. The Kier molecular flexibility index (Phi) is 7.13. The molecule has 1 aromatic carbocycles. The summed E-state index contributed by atoms with van der Waals surface area (Å²) >= 11 is 2.91. The van der Waals surface area contributed by atoms with Crippen molar-refractivity contribution in [2.45, 2.75) is 52.1 Å². The summed E-state index contributed by atoms with van der Waals surface area (Å²) in [7, 11) is 0. The van der Waals surface area contributed by atoms with Gasteiger partial charge in [0.15, 0.2) is 4.80 Å². The molecule has 0 unspecified atom stereocenters. The molecule has 1 fully saturated rings. The van der Waals surface area contributed by atoms with Crippen LogP contribution in [0.25, 0.3) is 10.2 Å². The Morgan fingerprint density at radius 3 is 2.81 bits per heavy atom. The average molecular weight is 406 g/mol. The zero-order valence-corrected chi connectivity index (χ0v) is 17.7. The minimum absolute atomic E-state index is 0.157. The van der Waals surface area contributed by atoms with Gasteiger partial charge in [-0.15, -0.1) is 11.8 Å². The molecule has 2 heterocycles. The van der Waals surface area contributed by atoms with Crippen LogP contribution in [0.15, 0.2) is 29.3 Å². The van der Waals surface area contributed by atoms with Gasteiger partial charge in [0.2, 0.25) is 5.91 Å². The molecule has 1 aromatic heterocycles. The molecule has 1 aliphatic heterocycles. The van der Waals surface area contributed by atoms with Crippen molar-refractivity contribution in [3.63, 3.8) is 0 Å². The predicted octanol–water partition coefficient (Wildman–Crippen LogP) is 3.67. The Labute approximate surface area is 168 Å². The molecule has 0 N–H and O–H groups in total. The van der Waals surface area contributed by atoms with Crippen molar-refractivity contribution in [2.75, 3.05) is 18.1 Å². The summed E-state index contributed by atoms with van der Waals surface area (Å²) in [5.74, 6) is 0.587. The number of carbonyl (C=O) groups is 2. The van der Waals surface area contributed by atoms with Crippen LogP contribution in [0.5, 0.6) is 0 Å². The van der Waals surface area contributed by atoms with Gasteiger partial charge in [0.05, 0.1) is 21.7 Å². The highest BCUT2D eigenvalue weighted by molar-refractivity contribution is 8.00. The van der Waals surface area contributed by atoms with Crippen molar-refractivity contribution < 1.29 is 9.59 Å². The van der Waals surface area contributed by atoms with Gasteiger partial charge < -0.3 is 9.47 Å². The Hall–Kier alpha value is -1.60. The van der Waals surface area contributed by atoms with Gasteiger partial charge in [0.1, 0.15) is 0 Å². The first-order valence-electron chi connectivity index (χ1n) is 9.67. The number of amides is 2. The molecule has 5 nitrogen and oxygen atoms in total. The van der Waals surface area contributed by atoms with E-state index in [1.165, 1.54) is 29.5 Å². The van der Waals surface area contributed by atoms with E-state index in [4.69, 9.17) is 0 Å². The van der Waals surface area contributed by atoms with Crippen LogP contribution >= 0.6 is 23.1 Å². The van der Waals surface area contributed by atoms with Gasteiger partial charge in [-0.1, -0.05) is 30.4 Å². The van der Waals surface area contributed by atoms with Crippen LogP contribution in [-0.4, -0.2) is 45.4 Å². The first kappa shape index (κ1) is 20.1. The molecule has 1 aliphatic rings. The quantitative estimate of drug-likeness (QED) is 0.737. The lowest BCUT2D eigenvalue weighted by Crippen LogP contribution is -2.44. The van der Waals surface area contributed by atoms with Crippen LogP contribution in [0, 0.1) is 0 Å². The lowest BCUT2D eigenvalue weighted by atomic mass is 10.0. The molecule has 1 saturated heterocycles. The van der Waals surface area contributed by atoms with Crippen molar-refractivity contribution in [3.8, 4) is 0 Å². The van der Waals surface area contributed by atoms with Gasteiger partial charge >= 0.3 is 0 Å². The fourth-order valence-corrected chi connectivity index (χ4v) is 5.41. The zero-order chi connectivity index (χ0) is 19.2. The van der Waals surface area contributed by atoms with E-state index in [2.05, 4.69) is 29.5 Å². The number of aromatic nitrogens is 1. The number of aryl methyl sites for hydroxylation is 1. The second-order valence-corrected chi connectivity index (χ2v) is 8.73. The number of benzene rings is 1. The van der Waals surface area contributed by atoms with E-state index in [1.54, 1.807) is 0 Å². The largest absolute Gasteiger partial charge is 0.339 e. The van der Waals surface area contributed by atoms with Crippen molar-refractivity contribution >= 4 is 45.1 Å². The van der Waals surface area contributed by atoms with Gasteiger partial charge in [0.25, 0.3) is 5.91 Å². The van der Waals surface area contributed by atoms with Crippen molar-refractivity contribution in [1.29, 1.82) is 0 Å². The van der Waals surface area contributed by atoms with Crippen LogP contribution in [0.2, 0.25) is 0 Å². The number of para-hydroxylation sites is 1. The smallest absolute Gasteiger partial charge is 0.258 e. The van der Waals surface area contributed by atoms with Gasteiger partial charge in [-0.2, -0.15) is 4.99 Å². The molecular formula is C20H27N3O2S2. The molecule has 7 heteroatoms. The normalized spacial score (nSPS) is 18.2. The molecule has 0 aliphatic carbocycles. The molecule has 2 aromatic rings. The van der Waals surface area contributed by atoms with Crippen molar-refractivity contribution in [2.24, 2.45) is 4.99 Å². The number of hydrogen-bond acceptors (Lipinski definition) is 4. The third-order valence-electron chi connectivity index (χ3n) is 4.99. The van der Waals surface area contributed by atoms with E-state index < -0.39 is 0 Å². The fraction of sp³-hybridized carbons (Fsp3) is 0.550. The molecule has 2 amide bonds. The minimum Gasteiger partial charge on any atom is -0.339 e. The van der Waals surface area contributed by atoms with Crippen LogP contribution < -0.4 is 4.80 Å². The highest BCUT2D eigenvalue weighted by Crippen LogP contribution is 2.20. The van der Waals surface area contributed by atoms with Crippen LogP contribution in [0.1, 0.15) is 39.5 Å². The van der Waals surface area contributed by atoms with Crippen molar-refractivity contribution in [1.82, 2.24) is 9.47 Å². The lowest BCUT2D eigenvalue weighted by molar-refractivity contribution is -0.132. The Bertz CT molecular complexity index is 871. The fourth-order valence-electron chi connectivity index (χ4n) is 3.61. The molecule has 0 bridgehead atoms. The first-order valence-corrected chi connectivity index (χ1v) is 11.6. The predicted molar refractivity (Wildman–Crippen MR) is 113 cm³/mol. The second kappa shape index (κ2) is 9.55. The Morgan fingerprint density at radius 1 is 1.22 bits per heavy atom. The molecule has 146 valence electrons. The number of fused-ring (bicyclic) bond motifs is 1. The monoisotopic (exact) mass is 405 g/mol. The number of piperidine rings is 1. The molecule has 0 spiro atoms. The maximum absolute atomic E-state index is 12.5. The van der Waals surface area contributed by atoms with Gasteiger partial charge in [-0.05, 0) is 44.7 Å². The van der Waals surface area contributed by atoms with Gasteiger partial charge in [-0.3, -0.25) is 9.59 Å². The Balaban J connectivity index is 1.60. The van der Waals surface area contributed by atoms with E-state index in [9.17, 15) is 9.59 Å². The highest BCUT2D eigenvalue weighted by atomic mass is 32.2. The lowest BCUT2D eigenvalue weighted by Gasteiger charge is -2.35. The number of thioether (sulfide) groups is 1. The number of hydrogen-bond donors (Lipinski definition) is 0. The topological polar surface area (TPSA) is 54.7 Å².